The molecule has 0 saturated heterocycles. The summed E-state index contributed by atoms with van der Waals surface area (Å²) in [4.78, 5) is 18.3. The van der Waals surface area contributed by atoms with Crippen LogP contribution in [0, 0.1) is 5.41 Å². The van der Waals surface area contributed by atoms with Gasteiger partial charge in [0.2, 0.25) is 0 Å². The summed E-state index contributed by atoms with van der Waals surface area (Å²) in [5, 5.41) is 13.4. The Labute approximate surface area is 199 Å². The molecule has 5 nitrogen and oxygen atoms in total. The highest BCUT2D eigenvalue weighted by molar-refractivity contribution is 6.02. The highest BCUT2D eigenvalue weighted by Crippen LogP contribution is 2.54. The minimum absolute atomic E-state index is 0.0723. The quantitative estimate of drug-likeness (QED) is 0.499. The molecule has 6 rings (SSSR count). The second kappa shape index (κ2) is 7.45. The molecule has 2 atom stereocenters. The van der Waals surface area contributed by atoms with Crippen LogP contribution in [0.1, 0.15) is 45.6 Å². The molecular formula is C29H28N4O. The molecule has 0 bridgehead atoms. The van der Waals surface area contributed by atoms with Crippen molar-refractivity contribution in [1.29, 1.82) is 0 Å². The number of nitrogens with one attached hydrogen (secondary N) is 1. The highest BCUT2D eigenvalue weighted by atomic mass is 16.1. The van der Waals surface area contributed by atoms with E-state index in [-0.39, 0.29) is 17.4 Å². The second-order valence-corrected chi connectivity index (χ2v) is 10.4. The molecule has 3 aromatic rings. The number of carbonyl (C=O) groups excluding carboxylic acids is 1. The summed E-state index contributed by atoms with van der Waals surface area (Å²) in [6.07, 6.45) is 5.68. The zero-order valence-electron chi connectivity index (χ0n) is 19.8. The van der Waals surface area contributed by atoms with Gasteiger partial charge in [-0.3, -0.25) is 9.78 Å². The average Bonchev–Trinajstić information content (AvgIpc) is 3.30. The zero-order chi connectivity index (χ0) is 23.5. The largest absolute Gasteiger partial charge is 0.362 e. The number of Topliss-reactive ketones (excluding diaryl/α,β-unsaturated/α-hetero) is 1. The van der Waals surface area contributed by atoms with Crippen LogP contribution in [0.3, 0.4) is 0 Å². The Hall–Kier alpha value is -3.60. The molecule has 1 aromatic heterocycles. The first-order valence-electron chi connectivity index (χ1n) is 12.0. The van der Waals surface area contributed by atoms with Gasteiger partial charge in [-0.15, -0.1) is 0 Å². The fraction of sp³-hybridized carbons (Fsp3) is 0.310. The molecule has 3 heterocycles. The maximum absolute atomic E-state index is 13.7. The van der Waals surface area contributed by atoms with Gasteiger partial charge >= 0.3 is 0 Å². The molecule has 0 saturated carbocycles. The van der Waals surface area contributed by atoms with Crippen LogP contribution < -0.4 is 5.32 Å². The number of hydrogen-bond acceptors (Lipinski definition) is 5. The molecule has 170 valence electrons. The molecule has 2 aromatic carbocycles. The minimum atomic E-state index is -0.540. The molecule has 5 heteroatoms. The number of carbonyl (C=O) groups is 1. The van der Waals surface area contributed by atoms with E-state index in [9.17, 15) is 4.79 Å². The zero-order valence-corrected chi connectivity index (χ0v) is 19.8. The van der Waals surface area contributed by atoms with E-state index in [1.54, 1.807) is 0 Å². The number of ketones is 1. The normalized spacial score (nSPS) is 25.1. The third-order valence-corrected chi connectivity index (χ3v) is 7.62. The van der Waals surface area contributed by atoms with Crippen LogP contribution in [0.15, 0.2) is 94.1 Å². The van der Waals surface area contributed by atoms with Gasteiger partial charge in [0, 0.05) is 34.8 Å². The van der Waals surface area contributed by atoms with E-state index in [1.165, 1.54) is 0 Å². The number of para-hydroxylation sites is 1. The number of rotatable bonds is 3. The van der Waals surface area contributed by atoms with E-state index in [0.717, 1.165) is 57.3 Å². The lowest BCUT2D eigenvalue weighted by Gasteiger charge is -2.47. The van der Waals surface area contributed by atoms with Crippen molar-refractivity contribution in [3.05, 3.63) is 89.4 Å². The molecule has 2 aliphatic heterocycles. The Bertz CT molecular complexity index is 1430. The van der Waals surface area contributed by atoms with Gasteiger partial charge in [0.15, 0.2) is 11.9 Å². The van der Waals surface area contributed by atoms with E-state index in [4.69, 9.17) is 0 Å². The summed E-state index contributed by atoms with van der Waals surface area (Å²) >= 11 is 0. The van der Waals surface area contributed by atoms with Crippen LogP contribution in [0.5, 0.6) is 0 Å². The molecule has 34 heavy (non-hydrogen) atoms. The summed E-state index contributed by atoms with van der Waals surface area (Å²) in [6, 6.07) is 19.0. The fourth-order valence-corrected chi connectivity index (χ4v) is 6.19. The van der Waals surface area contributed by atoms with Crippen molar-refractivity contribution in [2.24, 2.45) is 15.6 Å². The molecule has 1 N–H and O–H groups in total. The number of allylic oxidation sites excluding steroid dienone is 2. The van der Waals surface area contributed by atoms with Gasteiger partial charge in [-0.25, -0.2) is 0 Å². The lowest BCUT2D eigenvalue weighted by molar-refractivity contribution is -0.119. The Kier molecular flexibility index (Phi) is 4.60. The average molecular weight is 449 g/mol. The lowest BCUT2D eigenvalue weighted by atomic mass is 9.58. The topological polar surface area (TPSA) is 66.7 Å². The predicted molar refractivity (Wildman–Crippen MR) is 134 cm³/mol. The van der Waals surface area contributed by atoms with Gasteiger partial charge in [0.25, 0.3) is 0 Å². The van der Waals surface area contributed by atoms with Crippen molar-refractivity contribution in [1.82, 2.24) is 10.3 Å². The van der Waals surface area contributed by atoms with Crippen LogP contribution in [0.4, 0.5) is 0 Å². The molecular weight excluding hydrogens is 420 g/mol. The number of pyridine rings is 1. The molecule has 3 aliphatic rings. The fourth-order valence-electron chi connectivity index (χ4n) is 6.19. The van der Waals surface area contributed by atoms with Gasteiger partial charge in [-0.05, 0) is 53.1 Å². The Morgan fingerprint density at radius 1 is 1.06 bits per heavy atom. The van der Waals surface area contributed by atoms with Crippen LogP contribution in [0.2, 0.25) is 0 Å². The number of hydrogen-bond donors (Lipinski definition) is 1. The third kappa shape index (κ3) is 2.99. The van der Waals surface area contributed by atoms with Crippen molar-refractivity contribution >= 4 is 16.7 Å². The van der Waals surface area contributed by atoms with Gasteiger partial charge in [-0.1, -0.05) is 57.2 Å². The molecule has 0 fully saturated rings. The van der Waals surface area contributed by atoms with Crippen LogP contribution >= 0.6 is 0 Å². The van der Waals surface area contributed by atoms with Crippen LogP contribution in [-0.4, -0.2) is 16.9 Å². The first-order chi connectivity index (χ1) is 16.4. The van der Waals surface area contributed by atoms with Gasteiger partial charge in [0.1, 0.15) is 0 Å². The summed E-state index contributed by atoms with van der Waals surface area (Å²) < 4.78 is 0. The standard InChI is InChI=1S/C29H28N4O/c1-4-29(22-17-31-33-27(22)32-24-15-28(2,3)16-25(34)26(24)29)19-9-7-8-18(14-19)20-12-13-30-23-11-6-5-10-21(20)23/h5-14,17,27,32H,4,15-16H2,1-3H3. The van der Waals surface area contributed by atoms with E-state index >= 15 is 0 Å². The Balaban J connectivity index is 1.59. The molecule has 0 amide bonds. The van der Waals surface area contributed by atoms with Crippen molar-refractivity contribution < 1.29 is 4.79 Å². The number of nitrogens with zero attached hydrogens (tertiary/aromatic N) is 3. The molecule has 2 unspecified atom stereocenters. The SMILES string of the molecule is CCC1(c2cccc(-c3ccnc4ccccc34)c2)C2=CN=NC2NC2=C1C(=O)CC(C)(C)C2. The van der Waals surface area contributed by atoms with Gasteiger partial charge in [0.05, 0.1) is 17.1 Å². The number of benzene rings is 2. The maximum atomic E-state index is 13.7. The van der Waals surface area contributed by atoms with Crippen LogP contribution in [0.25, 0.3) is 22.0 Å². The van der Waals surface area contributed by atoms with E-state index < -0.39 is 5.41 Å². The van der Waals surface area contributed by atoms with E-state index in [2.05, 4.69) is 77.7 Å². The maximum Gasteiger partial charge on any atom is 0.164 e. The van der Waals surface area contributed by atoms with Crippen molar-refractivity contribution in [3.8, 4) is 11.1 Å². The van der Waals surface area contributed by atoms with E-state index in [1.807, 2.05) is 30.6 Å². The first kappa shape index (κ1) is 21.0. The van der Waals surface area contributed by atoms with Gasteiger partial charge in [-0.2, -0.15) is 10.2 Å². The Morgan fingerprint density at radius 2 is 1.91 bits per heavy atom. The smallest absolute Gasteiger partial charge is 0.164 e. The van der Waals surface area contributed by atoms with Crippen molar-refractivity contribution in [2.75, 3.05) is 0 Å². The predicted octanol–water partition coefficient (Wildman–Crippen LogP) is 6.47. The van der Waals surface area contributed by atoms with Crippen molar-refractivity contribution in [3.63, 3.8) is 0 Å². The first-order valence-corrected chi connectivity index (χ1v) is 12.0. The summed E-state index contributed by atoms with van der Waals surface area (Å²) in [7, 11) is 0. The summed E-state index contributed by atoms with van der Waals surface area (Å²) in [6.45, 7) is 6.51. The molecule has 1 aliphatic carbocycles. The summed E-state index contributed by atoms with van der Waals surface area (Å²) in [5.41, 5.74) is 6.76. The van der Waals surface area contributed by atoms with Crippen LogP contribution in [-0.2, 0) is 10.2 Å². The summed E-state index contributed by atoms with van der Waals surface area (Å²) in [5.74, 6) is 0.228. The lowest BCUT2D eigenvalue weighted by Crippen LogP contribution is -2.51. The Morgan fingerprint density at radius 3 is 2.76 bits per heavy atom. The number of azo groups is 1. The molecule has 0 radical (unpaired) electrons. The highest BCUT2D eigenvalue weighted by Gasteiger charge is 2.52. The second-order valence-electron chi connectivity index (χ2n) is 10.4. The minimum Gasteiger partial charge on any atom is -0.362 e. The van der Waals surface area contributed by atoms with Crippen molar-refractivity contribution in [2.45, 2.75) is 51.6 Å². The monoisotopic (exact) mass is 448 g/mol. The number of aromatic nitrogens is 1. The third-order valence-electron chi connectivity index (χ3n) is 7.62. The number of fused-ring (bicyclic) bond motifs is 2. The van der Waals surface area contributed by atoms with Gasteiger partial charge < -0.3 is 5.32 Å². The molecule has 0 spiro atoms. The van der Waals surface area contributed by atoms with E-state index in [0.29, 0.717) is 6.42 Å².